The second kappa shape index (κ2) is 7.44. The zero-order valence-electron chi connectivity index (χ0n) is 22.0. The first-order valence-corrected chi connectivity index (χ1v) is 16.1. The summed E-state index contributed by atoms with van der Waals surface area (Å²) in [4.78, 5) is 0. The van der Waals surface area contributed by atoms with E-state index >= 15 is 0 Å². The van der Waals surface area contributed by atoms with Crippen LogP contribution < -0.4 is 0 Å². The maximum atomic E-state index is 11.0. The van der Waals surface area contributed by atoms with E-state index in [4.69, 9.17) is 4.43 Å². The van der Waals surface area contributed by atoms with Crippen LogP contribution in [-0.4, -0.2) is 25.1 Å². The average molecular weight is 447 g/mol. The van der Waals surface area contributed by atoms with E-state index in [1.807, 2.05) is 0 Å². The van der Waals surface area contributed by atoms with E-state index in [0.717, 1.165) is 31.1 Å². The summed E-state index contributed by atoms with van der Waals surface area (Å²) in [6.07, 6.45) is 12.5. The van der Waals surface area contributed by atoms with Gasteiger partial charge in [-0.2, -0.15) is 0 Å². The Morgan fingerprint density at radius 1 is 1.03 bits per heavy atom. The van der Waals surface area contributed by atoms with Gasteiger partial charge in [0.05, 0.1) is 5.60 Å². The molecule has 4 rings (SSSR count). The smallest absolute Gasteiger partial charge is 0.192 e. The number of hydrogen-bond donors (Lipinski definition) is 1. The van der Waals surface area contributed by atoms with Crippen LogP contribution in [0.3, 0.4) is 0 Å². The molecule has 178 valence electrons. The van der Waals surface area contributed by atoms with Crippen molar-refractivity contribution in [1.82, 2.24) is 0 Å². The largest absolute Gasteiger partial charge is 0.414 e. The van der Waals surface area contributed by atoms with Gasteiger partial charge in [0, 0.05) is 6.10 Å². The molecule has 4 saturated carbocycles. The number of allylic oxidation sites excluding steroid dienone is 2. The van der Waals surface area contributed by atoms with E-state index in [1.54, 1.807) is 5.57 Å². The average Bonchev–Trinajstić information content (AvgIpc) is 2.98. The summed E-state index contributed by atoms with van der Waals surface area (Å²) >= 11 is 0. The molecule has 0 spiro atoms. The summed E-state index contributed by atoms with van der Waals surface area (Å²) in [5.74, 6) is 2.81. The predicted molar refractivity (Wildman–Crippen MR) is 134 cm³/mol. The standard InChI is InChI=1S/C28H50O2Si/c1-10-19-11-12-21-24-22(13-14-27(19,21)6)28(7)16-15-26(5,29)18-20(28)17-23(24)30-31(8,9)25(2,3)4/h10,20-24,29H,11-18H2,1-9H3/b19-10-/t20-,21-,22-,23?,24-,26+,27+,28-/m0/s1. The molecule has 0 saturated heterocycles. The van der Waals surface area contributed by atoms with Gasteiger partial charge in [-0.3, -0.25) is 0 Å². The molecule has 4 fully saturated rings. The fourth-order valence-corrected chi connectivity index (χ4v) is 9.74. The fourth-order valence-electron chi connectivity index (χ4n) is 8.38. The topological polar surface area (TPSA) is 29.5 Å². The third-order valence-electron chi connectivity index (χ3n) is 11.4. The SMILES string of the molecule is C/C=C1/CC[C@H]2[C@@H]3C(O[Si](C)(C)C(C)(C)C)C[C@H]4C[C@](C)(O)CC[C@]4(C)[C@H]3CC[C@]12C. The molecule has 3 heteroatoms. The normalized spacial score (nSPS) is 49.5. The van der Waals surface area contributed by atoms with Crippen LogP contribution in [0.5, 0.6) is 0 Å². The van der Waals surface area contributed by atoms with E-state index < -0.39 is 13.9 Å². The van der Waals surface area contributed by atoms with Crippen LogP contribution in [0.15, 0.2) is 11.6 Å². The first-order chi connectivity index (χ1) is 14.1. The van der Waals surface area contributed by atoms with Gasteiger partial charge in [-0.15, -0.1) is 0 Å². The van der Waals surface area contributed by atoms with Gasteiger partial charge in [-0.05, 0) is 118 Å². The number of aliphatic hydroxyl groups is 1. The van der Waals surface area contributed by atoms with Gasteiger partial charge < -0.3 is 9.53 Å². The van der Waals surface area contributed by atoms with Crippen LogP contribution in [-0.2, 0) is 4.43 Å². The van der Waals surface area contributed by atoms with Crippen LogP contribution in [0.25, 0.3) is 0 Å². The third kappa shape index (κ3) is 3.73. The fraction of sp³-hybridized carbons (Fsp3) is 0.929. The van der Waals surface area contributed by atoms with Gasteiger partial charge in [-0.1, -0.05) is 46.3 Å². The summed E-state index contributed by atoms with van der Waals surface area (Å²) in [5.41, 5.74) is 1.99. The van der Waals surface area contributed by atoms with Crippen LogP contribution >= 0.6 is 0 Å². The Bertz CT molecular complexity index is 732. The molecule has 8 atom stereocenters. The van der Waals surface area contributed by atoms with Crippen molar-refractivity contribution in [2.45, 2.75) is 130 Å². The van der Waals surface area contributed by atoms with Crippen molar-refractivity contribution < 1.29 is 9.53 Å². The van der Waals surface area contributed by atoms with Gasteiger partial charge in [0.2, 0.25) is 0 Å². The molecule has 1 N–H and O–H groups in total. The molecular weight excluding hydrogens is 396 g/mol. The summed E-state index contributed by atoms with van der Waals surface area (Å²) in [7, 11) is -1.86. The maximum Gasteiger partial charge on any atom is 0.192 e. The van der Waals surface area contributed by atoms with Crippen LogP contribution in [0.1, 0.15) is 99.8 Å². The van der Waals surface area contributed by atoms with Crippen LogP contribution in [0, 0.1) is 34.5 Å². The Hall–Kier alpha value is -0.123. The number of fused-ring (bicyclic) bond motifs is 5. The van der Waals surface area contributed by atoms with E-state index in [2.05, 4.69) is 67.6 Å². The van der Waals surface area contributed by atoms with Gasteiger partial charge in [-0.25, -0.2) is 0 Å². The second-order valence-corrected chi connectivity index (χ2v) is 18.9. The molecule has 31 heavy (non-hydrogen) atoms. The lowest BCUT2D eigenvalue weighted by molar-refractivity contribution is -0.175. The molecule has 0 bridgehead atoms. The van der Waals surface area contributed by atoms with E-state index in [0.29, 0.717) is 28.8 Å². The van der Waals surface area contributed by atoms with Crippen molar-refractivity contribution in [3.8, 4) is 0 Å². The molecule has 2 nitrogen and oxygen atoms in total. The third-order valence-corrected chi connectivity index (χ3v) is 15.9. The van der Waals surface area contributed by atoms with Crippen LogP contribution in [0.4, 0.5) is 0 Å². The summed E-state index contributed by atoms with van der Waals surface area (Å²) in [6.45, 7) is 21.6. The highest BCUT2D eigenvalue weighted by molar-refractivity contribution is 6.74. The Morgan fingerprint density at radius 2 is 1.71 bits per heavy atom. The van der Waals surface area contributed by atoms with Crippen molar-refractivity contribution in [1.29, 1.82) is 0 Å². The highest BCUT2D eigenvalue weighted by Crippen LogP contribution is 2.68. The molecule has 0 aliphatic heterocycles. The number of hydrogen-bond acceptors (Lipinski definition) is 2. The molecule has 1 unspecified atom stereocenters. The zero-order chi connectivity index (χ0) is 23.0. The van der Waals surface area contributed by atoms with Gasteiger partial charge >= 0.3 is 0 Å². The summed E-state index contributed by atoms with van der Waals surface area (Å²) in [6, 6.07) is 0. The van der Waals surface area contributed by atoms with Crippen molar-refractivity contribution >= 4 is 8.32 Å². The first-order valence-electron chi connectivity index (χ1n) is 13.2. The first kappa shape index (κ1) is 24.0. The molecule has 0 amide bonds. The van der Waals surface area contributed by atoms with E-state index in [-0.39, 0.29) is 5.04 Å². The lowest BCUT2D eigenvalue weighted by atomic mass is 9.43. The molecule has 0 heterocycles. The van der Waals surface area contributed by atoms with Crippen molar-refractivity contribution in [3.63, 3.8) is 0 Å². The summed E-state index contributed by atoms with van der Waals surface area (Å²) in [5, 5.41) is 11.2. The monoisotopic (exact) mass is 446 g/mol. The van der Waals surface area contributed by atoms with Gasteiger partial charge in [0.25, 0.3) is 0 Å². The minimum atomic E-state index is -1.86. The lowest BCUT2D eigenvalue weighted by Crippen LogP contribution is -2.61. The van der Waals surface area contributed by atoms with Gasteiger partial charge in [0.1, 0.15) is 0 Å². The molecule has 4 aliphatic carbocycles. The minimum absolute atomic E-state index is 0.240. The summed E-state index contributed by atoms with van der Waals surface area (Å²) < 4.78 is 7.33. The van der Waals surface area contributed by atoms with Crippen LogP contribution in [0.2, 0.25) is 18.1 Å². The second-order valence-electron chi connectivity index (χ2n) is 14.2. The molecule has 4 aliphatic rings. The molecule has 0 aromatic carbocycles. The predicted octanol–water partition coefficient (Wildman–Crippen LogP) is 7.73. The zero-order valence-corrected chi connectivity index (χ0v) is 23.0. The van der Waals surface area contributed by atoms with Crippen molar-refractivity contribution in [3.05, 3.63) is 11.6 Å². The highest BCUT2D eigenvalue weighted by atomic mass is 28.4. The number of rotatable bonds is 2. The van der Waals surface area contributed by atoms with Gasteiger partial charge in [0.15, 0.2) is 8.32 Å². The molecule has 0 aromatic heterocycles. The highest BCUT2D eigenvalue weighted by Gasteiger charge is 2.63. The quantitative estimate of drug-likeness (QED) is 0.347. The lowest BCUT2D eigenvalue weighted by Gasteiger charge is -2.64. The molecule has 0 radical (unpaired) electrons. The minimum Gasteiger partial charge on any atom is -0.414 e. The Morgan fingerprint density at radius 3 is 2.32 bits per heavy atom. The van der Waals surface area contributed by atoms with Crippen molar-refractivity contribution in [2.24, 2.45) is 34.5 Å². The van der Waals surface area contributed by atoms with Crippen molar-refractivity contribution in [2.75, 3.05) is 0 Å². The van der Waals surface area contributed by atoms with E-state index in [1.165, 1.54) is 32.1 Å². The molecule has 0 aromatic rings. The maximum absolute atomic E-state index is 11.0. The Kier molecular flexibility index (Phi) is 5.76. The Balaban J connectivity index is 1.74. The molecular formula is C28H50O2Si. The van der Waals surface area contributed by atoms with E-state index in [9.17, 15) is 5.11 Å². The Labute approximate surface area is 193 Å².